The number of carbonyl (C=O) groups excluding carboxylic acids is 1. The lowest BCUT2D eigenvalue weighted by Gasteiger charge is -2.11. The average molecular weight is 560 g/mol. The zero-order chi connectivity index (χ0) is 25.1. The van der Waals surface area contributed by atoms with E-state index in [1.165, 1.54) is 35.1 Å². The molecule has 0 fully saturated rings. The Balaban J connectivity index is 1.22. The maximum absolute atomic E-state index is 12.5. The Hall–Kier alpha value is -4.08. The van der Waals surface area contributed by atoms with Gasteiger partial charge in [0, 0.05) is 22.2 Å². The van der Waals surface area contributed by atoms with Gasteiger partial charge in [-0.25, -0.2) is 5.43 Å². The van der Waals surface area contributed by atoms with Gasteiger partial charge in [-0.3, -0.25) is 14.9 Å². The van der Waals surface area contributed by atoms with Crippen molar-refractivity contribution in [2.75, 3.05) is 0 Å². The standard InChI is InChI=1S/C27H18BrN3O4S/c28-23-12-17(8-10-24(23)35-16-19-6-3-5-18-4-1-2-7-22(18)19)15-29-30-27(32)26-14-20-13-21(31(33)34)9-11-25(20)36-26/h1-15H,16H2,(H,30,32)/b29-15-. The second-order valence-corrected chi connectivity index (χ2v) is 9.84. The van der Waals surface area contributed by atoms with Crippen LogP contribution in [0.25, 0.3) is 20.9 Å². The number of rotatable bonds is 7. The van der Waals surface area contributed by atoms with Crippen LogP contribution in [0.4, 0.5) is 5.69 Å². The number of non-ortho nitro benzene ring substituents is 1. The molecule has 5 rings (SSSR count). The van der Waals surface area contributed by atoms with Gasteiger partial charge in [-0.05, 0) is 68.2 Å². The van der Waals surface area contributed by atoms with Crippen molar-refractivity contribution < 1.29 is 14.5 Å². The van der Waals surface area contributed by atoms with Gasteiger partial charge in [0.25, 0.3) is 11.6 Å². The van der Waals surface area contributed by atoms with Crippen molar-refractivity contribution in [1.29, 1.82) is 0 Å². The molecule has 178 valence electrons. The summed E-state index contributed by atoms with van der Waals surface area (Å²) in [6, 6.07) is 26.0. The Labute approximate surface area is 218 Å². The van der Waals surface area contributed by atoms with E-state index in [1.807, 2.05) is 36.4 Å². The molecule has 0 saturated heterocycles. The summed E-state index contributed by atoms with van der Waals surface area (Å²) in [5.41, 5.74) is 4.36. The van der Waals surface area contributed by atoms with Gasteiger partial charge in [0.2, 0.25) is 0 Å². The second kappa shape index (κ2) is 10.3. The van der Waals surface area contributed by atoms with E-state index in [4.69, 9.17) is 4.74 Å². The first-order valence-electron chi connectivity index (χ1n) is 10.9. The quantitative estimate of drug-likeness (QED) is 0.131. The van der Waals surface area contributed by atoms with E-state index in [2.05, 4.69) is 50.7 Å². The predicted molar refractivity (Wildman–Crippen MR) is 146 cm³/mol. The third-order valence-electron chi connectivity index (χ3n) is 5.53. The summed E-state index contributed by atoms with van der Waals surface area (Å²) in [7, 11) is 0. The number of thiophene rings is 1. The SMILES string of the molecule is O=C(N/N=C\c1ccc(OCc2cccc3ccccc23)c(Br)c1)c1cc2cc([N+](=O)[O-])ccc2s1. The Morgan fingerprint density at radius 2 is 1.86 bits per heavy atom. The van der Waals surface area contributed by atoms with Crippen molar-refractivity contribution >= 4 is 65.9 Å². The topological polar surface area (TPSA) is 93.8 Å². The molecule has 0 aliphatic carbocycles. The smallest absolute Gasteiger partial charge is 0.281 e. The highest BCUT2D eigenvalue weighted by molar-refractivity contribution is 9.10. The molecule has 0 spiro atoms. The molecule has 0 atom stereocenters. The lowest BCUT2D eigenvalue weighted by molar-refractivity contribution is -0.384. The van der Waals surface area contributed by atoms with Gasteiger partial charge in [0.05, 0.1) is 20.5 Å². The number of hydrogen-bond acceptors (Lipinski definition) is 6. The number of benzene rings is 4. The van der Waals surface area contributed by atoms with Crippen LogP contribution >= 0.6 is 27.3 Å². The number of fused-ring (bicyclic) bond motifs is 2. The molecule has 0 bridgehead atoms. The van der Waals surface area contributed by atoms with Crippen LogP contribution in [0, 0.1) is 10.1 Å². The van der Waals surface area contributed by atoms with Crippen molar-refractivity contribution in [3.8, 4) is 5.75 Å². The summed E-state index contributed by atoms with van der Waals surface area (Å²) in [5, 5.41) is 18.0. The van der Waals surface area contributed by atoms with E-state index in [-0.39, 0.29) is 11.6 Å². The number of hydrogen-bond donors (Lipinski definition) is 1. The molecule has 0 saturated carbocycles. The zero-order valence-corrected chi connectivity index (χ0v) is 21.1. The molecule has 0 aliphatic rings. The fourth-order valence-electron chi connectivity index (χ4n) is 3.77. The number of carbonyl (C=O) groups is 1. The van der Waals surface area contributed by atoms with E-state index in [0.29, 0.717) is 22.6 Å². The molecule has 1 amide bonds. The fourth-order valence-corrected chi connectivity index (χ4v) is 5.21. The lowest BCUT2D eigenvalue weighted by atomic mass is 10.1. The van der Waals surface area contributed by atoms with Gasteiger partial charge in [-0.2, -0.15) is 5.10 Å². The summed E-state index contributed by atoms with van der Waals surface area (Å²) < 4.78 is 7.59. The molecule has 1 aromatic heterocycles. The van der Waals surface area contributed by atoms with Crippen LogP contribution in [0.5, 0.6) is 5.75 Å². The molecule has 1 N–H and O–H groups in total. The van der Waals surface area contributed by atoms with E-state index < -0.39 is 4.92 Å². The number of nitro benzene ring substituents is 1. The third-order valence-corrected chi connectivity index (χ3v) is 7.27. The van der Waals surface area contributed by atoms with Crippen molar-refractivity contribution in [3.63, 3.8) is 0 Å². The Morgan fingerprint density at radius 3 is 2.69 bits per heavy atom. The highest BCUT2D eigenvalue weighted by Gasteiger charge is 2.13. The van der Waals surface area contributed by atoms with Crippen LogP contribution in [-0.4, -0.2) is 17.0 Å². The van der Waals surface area contributed by atoms with E-state index >= 15 is 0 Å². The second-order valence-electron chi connectivity index (χ2n) is 7.91. The van der Waals surface area contributed by atoms with Gasteiger partial charge in [-0.15, -0.1) is 11.3 Å². The van der Waals surface area contributed by atoms with Crippen LogP contribution in [0.3, 0.4) is 0 Å². The normalized spacial score (nSPS) is 11.2. The molecule has 0 unspecified atom stereocenters. The maximum atomic E-state index is 12.5. The van der Waals surface area contributed by atoms with Crippen molar-refractivity contribution in [2.24, 2.45) is 5.10 Å². The number of hydrazone groups is 1. The van der Waals surface area contributed by atoms with Crippen LogP contribution in [0.2, 0.25) is 0 Å². The minimum absolute atomic E-state index is 0.0135. The van der Waals surface area contributed by atoms with Crippen molar-refractivity contribution in [2.45, 2.75) is 6.61 Å². The lowest BCUT2D eigenvalue weighted by Crippen LogP contribution is -2.16. The molecule has 7 nitrogen and oxygen atoms in total. The van der Waals surface area contributed by atoms with Crippen LogP contribution in [0.1, 0.15) is 20.8 Å². The number of amides is 1. The van der Waals surface area contributed by atoms with E-state index in [0.717, 1.165) is 25.7 Å². The first-order chi connectivity index (χ1) is 17.5. The van der Waals surface area contributed by atoms with Crippen molar-refractivity contribution in [3.05, 3.63) is 116 Å². The minimum atomic E-state index is -0.459. The van der Waals surface area contributed by atoms with Crippen LogP contribution in [0.15, 0.2) is 94.5 Å². The predicted octanol–water partition coefficient (Wildman–Crippen LogP) is 7.07. The van der Waals surface area contributed by atoms with Gasteiger partial charge in [-0.1, -0.05) is 42.5 Å². The summed E-state index contributed by atoms with van der Waals surface area (Å²) in [6.45, 7) is 0.432. The number of nitrogens with one attached hydrogen (secondary N) is 1. The molecule has 0 aliphatic heterocycles. The molecular formula is C27H18BrN3O4S. The number of nitro groups is 1. The van der Waals surface area contributed by atoms with Crippen LogP contribution < -0.4 is 10.2 Å². The van der Waals surface area contributed by atoms with Crippen molar-refractivity contribution in [1.82, 2.24) is 5.43 Å². The van der Waals surface area contributed by atoms with Gasteiger partial charge >= 0.3 is 0 Å². The van der Waals surface area contributed by atoms with Gasteiger partial charge < -0.3 is 4.74 Å². The number of ether oxygens (including phenoxy) is 1. The zero-order valence-electron chi connectivity index (χ0n) is 18.7. The monoisotopic (exact) mass is 559 g/mol. The highest BCUT2D eigenvalue weighted by Crippen LogP contribution is 2.29. The molecule has 36 heavy (non-hydrogen) atoms. The van der Waals surface area contributed by atoms with E-state index in [1.54, 1.807) is 12.1 Å². The molecule has 0 radical (unpaired) electrons. The first-order valence-corrected chi connectivity index (χ1v) is 12.5. The first kappa shape index (κ1) is 23.7. The summed E-state index contributed by atoms with van der Waals surface area (Å²) in [6.07, 6.45) is 1.54. The molecule has 1 heterocycles. The summed E-state index contributed by atoms with van der Waals surface area (Å²) in [4.78, 5) is 23.4. The van der Waals surface area contributed by atoms with E-state index in [9.17, 15) is 14.9 Å². The third kappa shape index (κ3) is 5.12. The Bertz CT molecular complexity index is 1640. The average Bonchev–Trinajstić information content (AvgIpc) is 3.32. The fraction of sp³-hybridized carbons (Fsp3) is 0.0370. The molecular weight excluding hydrogens is 542 g/mol. The minimum Gasteiger partial charge on any atom is -0.488 e. The largest absolute Gasteiger partial charge is 0.488 e. The van der Waals surface area contributed by atoms with Gasteiger partial charge in [0.15, 0.2) is 0 Å². The Kier molecular flexibility index (Phi) is 6.75. The highest BCUT2D eigenvalue weighted by atomic mass is 79.9. The number of nitrogens with zero attached hydrogens (tertiary/aromatic N) is 2. The van der Waals surface area contributed by atoms with Crippen LogP contribution in [-0.2, 0) is 6.61 Å². The van der Waals surface area contributed by atoms with Gasteiger partial charge in [0.1, 0.15) is 12.4 Å². The Morgan fingerprint density at radius 1 is 1.03 bits per heavy atom. The maximum Gasteiger partial charge on any atom is 0.281 e. The molecule has 4 aromatic carbocycles. The molecule has 5 aromatic rings. The summed E-state index contributed by atoms with van der Waals surface area (Å²) >= 11 is 4.79. The number of halogens is 1. The summed E-state index contributed by atoms with van der Waals surface area (Å²) in [5.74, 6) is 0.313. The molecule has 9 heteroatoms.